The molecule has 0 aliphatic carbocycles. The van der Waals surface area contributed by atoms with Gasteiger partial charge in [0.05, 0.1) is 13.2 Å². The summed E-state index contributed by atoms with van der Waals surface area (Å²) in [6.07, 6.45) is 0. The van der Waals surface area contributed by atoms with Crippen LogP contribution >= 0.6 is 11.8 Å². The van der Waals surface area contributed by atoms with E-state index in [1.54, 1.807) is 0 Å². The van der Waals surface area contributed by atoms with Gasteiger partial charge in [0.1, 0.15) is 17.6 Å². The molecule has 230 valence electrons. The number of hydrogen-bond acceptors (Lipinski definition) is 9. The van der Waals surface area contributed by atoms with Crippen LogP contribution in [0.4, 0.5) is 10.1 Å². The predicted molar refractivity (Wildman–Crippen MR) is 169 cm³/mol. The monoisotopic (exact) mass is 618 g/mol. The van der Waals surface area contributed by atoms with Gasteiger partial charge in [0.2, 0.25) is 0 Å². The number of benzene rings is 3. The molecule has 3 aromatic carbocycles. The number of carbonyl (C=O) groups excluding carboxylic acids is 2. The normalized spacial score (nSPS) is 18.2. The van der Waals surface area contributed by atoms with Crippen LogP contribution in [0.15, 0.2) is 65.7 Å². The minimum absolute atomic E-state index is 0.0195. The molecule has 3 aliphatic rings. The second-order valence-electron chi connectivity index (χ2n) is 11.2. The van der Waals surface area contributed by atoms with Gasteiger partial charge in [-0.3, -0.25) is 19.5 Å². The molecule has 3 aromatic rings. The summed E-state index contributed by atoms with van der Waals surface area (Å²) in [5.74, 6) is 4.18. The highest BCUT2D eigenvalue weighted by Gasteiger charge is 2.39. The summed E-state index contributed by atoms with van der Waals surface area (Å²) >= 11 is 1.40. The number of aromatic hydroxyl groups is 1. The third-order valence-electron chi connectivity index (χ3n) is 8.44. The van der Waals surface area contributed by atoms with E-state index in [0.29, 0.717) is 23.9 Å². The molecule has 3 heterocycles. The fraction of sp³-hybridized carbons (Fsp3) is 0.344. The molecule has 4 N–H and O–H groups in total. The van der Waals surface area contributed by atoms with Crippen LogP contribution in [0.3, 0.4) is 0 Å². The van der Waals surface area contributed by atoms with Crippen molar-refractivity contribution in [3.63, 3.8) is 0 Å². The molecule has 2 unspecified atom stereocenters. The van der Waals surface area contributed by atoms with E-state index < -0.39 is 17.8 Å². The molecule has 6 rings (SSSR count). The quantitative estimate of drug-likeness (QED) is 0.328. The molecule has 44 heavy (non-hydrogen) atoms. The highest BCUT2D eigenvalue weighted by molar-refractivity contribution is 8.14. The van der Waals surface area contributed by atoms with Gasteiger partial charge in [-0.2, -0.15) is 0 Å². The van der Waals surface area contributed by atoms with Gasteiger partial charge in [0, 0.05) is 61.3 Å². The molecule has 1 fully saturated rings. The Hall–Kier alpha value is -3.97. The average Bonchev–Trinajstić information content (AvgIpc) is 3.66. The van der Waals surface area contributed by atoms with Gasteiger partial charge in [-0.25, -0.2) is 10.3 Å². The number of amidine groups is 1. The second kappa shape index (κ2) is 12.9. The number of nitrogens with zero attached hydrogens (tertiary/aromatic N) is 4. The molecular formula is C32H35FN6O4S. The number of halogens is 1. The van der Waals surface area contributed by atoms with Gasteiger partial charge in [-0.1, -0.05) is 36.0 Å². The fourth-order valence-electron chi connectivity index (χ4n) is 6.02. The van der Waals surface area contributed by atoms with E-state index in [4.69, 9.17) is 10.7 Å². The van der Waals surface area contributed by atoms with Crippen LogP contribution in [-0.4, -0.2) is 83.0 Å². The average molecular weight is 619 g/mol. The molecule has 0 saturated carbocycles. The van der Waals surface area contributed by atoms with Crippen molar-refractivity contribution < 1.29 is 23.9 Å². The van der Waals surface area contributed by atoms with Gasteiger partial charge in [-0.15, -0.1) is 0 Å². The standard InChI is InChI=1S/C32H35FN6O4S/c1-20(19-43-34)37-11-13-38(14-12-37)25-7-4-21(5-8-25)22-2-3-23-18-39(31(42)26(23)16-22)29(27-17-24(33)6-9-28(27)40)30(41)36-32-35-10-15-44-32/h2-9,16-17,20,29,40H,10-15,18-19,34H2,1H3,(H,35,36,41). The van der Waals surface area contributed by atoms with Crippen LogP contribution in [-0.2, 0) is 16.2 Å². The molecular weight excluding hydrogens is 583 g/mol. The molecule has 10 nitrogen and oxygen atoms in total. The van der Waals surface area contributed by atoms with Crippen LogP contribution < -0.4 is 16.1 Å². The van der Waals surface area contributed by atoms with Gasteiger partial charge >= 0.3 is 0 Å². The number of piperazine rings is 1. The smallest absolute Gasteiger partial charge is 0.255 e. The molecule has 3 aliphatic heterocycles. The van der Waals surface area contributed by atoms with Crippen molar-refractivity contribution in [3.8, 4) is 16.9 Å². The summed E-state index contributed by atoms with van der Waals surface area (Å²) in [4.78, 5) is 42.5. The molecule has 1 saturated heterocycles. The van der Waals surface area contributed by atoms with Crippen LogP contribution in [0.2, 0.25) is 0 Å². The Morgan fingerprint density at radius 3 is 2.55 bits per heavy atom. The molecule has 0 spiro atoms. The fourth-order valence-corrected chi connectivity index (χ4v) is 6.75. The number of phenolic OH excluding ortho intramolecular Hbond substituents is 1. The van der Waals surface area contributed by atoms with Crippen molar-refractivity contribution in [2.24, 2.45) is 10.9 Å². The largest absolute Gasteiger partial charge is 0.508 e. The highest BCUT2D eigenvalue weighted by atomic mass is 32.2. The molecule has 0 radical (unpaired) electrons. The van der Waals surface area contributed by atoms with E-state index in [9.17, 15) is 19.1 Å². The third-order valence-corrected chi connectivity index (χ3v) is 9.33. The number of phenols is 1. The summed E-state index contributed by atoms with van der Waals surface area (Å²) in [5, 5.41) is 13.8. The molecule has 2 atom stereocenters. The lowest BCUT2D eigenvalue weighted by atomic mass is 10.00. The number of fused-ring (bicyclic) bond motifs is 1. The zero-order chi connectivity index (χ0) is 30.8. The zero-order valence-electron chi connectivity index (χ0n) is 24.4. The minimum atomic E-state index is -1.25. The SMILES string of the molecule is CC(CON)N1CCN(c2ccc(-c3ccc4c(c3)C(=O)N(C(C(=O)NC3=NCCS3)c3cc(F)ccc3O)C4)cc2)CC1. The van der Waals surface area contributed by atoms with Gasteiger partial charge in [0.25, 0.3) is 11.8 Å². The van der Waals surface area contributed by atoms with Crippen molar-refractivity contribution in [2.45, 2.75) is 25.6 Å². The van der Waals surface area contributed by atoms with Crippen LogP contribution in [0.25, 0.3) is 11.1 Å². The highest BCUT2D eigenvalue weighted by Crippen LogP contribution is 2.37. The van der Waals surface area contributed by atoms with Crippen LogP contribution in [0, 0.1) is 5.82 Å². The van der Waals surface area contributed by atoms with Crippen LogP contribution in [0.1, 0.15) is 34.5 Å². The summed E-state index contributed by atoms with van der Waals surface area (Å²) in [7, 11) is 0. The van der Waals surface area contributed by atoms with Gasteiger partial charge in [-0.05, 0) is 60.0 Å². The Bertz CT molecular complexity index is 1580. The number of nitrogens with one attached hydrogen (secondary N) is 1. The maximum Gasteiger partial charge on any atom is 0.255 e. The first-order valence-corrected chi connectivity index (χ1v) is 15.6. The van der Waals surface area contributed by atoms with Crippen molar-refractivity contribution in [2.75, 3.05) is 50.0 Å². The maximum absolute atomic E-state index is 14.3. The first kappa shape index (κ1) is 30.1. The van der Waals surface area contributed by atoms with E-state index in [0.717, 1.165) is 66.4 Å². The van der Waals surface area contributed by atoms with E-state index in [1.165, 1.54) is 22.7 Å². The lowest BCUT2D eigenvalue weighted by molar-refractivity contribution is -0.124. The van der Waals surface area contributed by atoms with Crippen molar-refractivity contribution in [1.82, 2.24) is 15.1 Å². The van der Waals surface area contributed by atoms with Gasteiger partial charge < -0.3 is 25.1 Å². The summed E-state index contributed by atoms with van der Waals surface area (Å²) < 4.78 is 14.3. The number of nitrogens with two attached hydrogens (primary N) is 1. The minimum Gasteiger partial charge on any atom is -0.508 e. The number of aliphatic imine (C=N–C) groups is 1. The summed E-state index contributed by atoms with van der Waals surface area (Å²) in [6.45, 7) is 7.00. The van der Waals surface area contributed by atoms with Crippen molar-refractivity contribution >= 4 is 34.4 Å². The number of anilines is 1. The Morgan fingerprint density at radius 1 is 1.09 bits per heavy atom. The number of hydrogen-bond donors (Lipinski definition) is 3. The van der Waals surface area contributed by atoms with Crippen LogP contribution in [0.5, 0.6) is 5.75 Å². The topological polar surface area (TPSA) is 124 Å². The Morgan fingerprint density at radius 2 is 1.84 bits per heavy atom. The molecule has 12 heteroatoms. The molecule has 2 amide bonds. The Balaban J connectivity index is 1.20. The third kappa shape index (κ3) is 6.16. The summed E-state index contributed by atoms with van der Waals surface area (Å²) in [6, 6.07) is 16.4. The van der Waals surface area contributed by atoms with E-state index in [2.05, 4.69) is 39.2 Å². The Labute approximate surface area is 259 Å². The molecule has 0 aromatic heterocycles. The van der Waals surface area contributed by atoms with E-state index in [-0.39, 0.29) is 29.8 Å². The van der Waals surface area contributed by atoms with Crippen molar-refractivity contribution in [1.29, 1.82) is 0 Å². The Kier molecular flexibility index (Phi) is 8.85. The summed E-state index contributed by atoms with van der Waals surface area (Å²) in [5.41, 5.74) is 4.21. The van der Waals surface area contributed by atoms with E-state index in [1.807, 2.05) is 30.3 Å². The van der Waals surface area contributed by atoms with Crippen molar-refractivity contribution in [3.05, 3.63) is 83.2 Å². The predicted octanol–water partition coefficient (Wildman–Crippen LogP) is 3.52. The number of thioether (sulfide) groups is 1. The first-order chi connectivity index (χ1) is 21.3. The van der Waals surface area contributed by atoms with Gasteiger partial charge in [0.15, 0.2) is 5.17 Å². The molecule has 0 bridgehead atoms. The first-order valence-electron chi connectivity index (χ1n) is 14.6. The lowest BCUT2D eigenvalue weighted by Gasteiger charge is -2.38. The second-order valence-corrected chi connectivity index (χ2v) is 12.3. The van der Waals surface area contributed by atoms with E-state index >= 15 is 0 Å². The lowest BCUT2D eigenvalue weighted by Crippen LogP contribution is -2.51. The number of rotatable bonds is 8. The number of amides is 2. The zero-order valence-corrected chi connectivity index (χ0v) is 25.2. The maximum atomic E-state index is 14.3. The number of carbonyl (C=O) groups is 2.